The van der Waals surface area contributed by atoms with Crippen LogP contribution < -0.4 is 0 Å². The lowest BCUT2D eigenvalue weighted by molar-refractivity contribution is -0.131. The fraction of sp³-hybridized carbons (Fsp3) is 0.812. The fourth-order valence-corrected chi connectivity index (χ4v) is 2.11. The molecule has 0 radical (unpaired) electrons. The zero-order chi connectivity index (χ0) is 13.5. The molecule has 0 aromatic rings. The first kappa shape index (κ1) is 20.8. The lowest BCUT2D eigenvalue weighted by Crippen LogP contribution is -1.85. The fourth-order valence-electron chi connectivity index (χ4n) is 2.11. The van der Waals surface area contributed by atoms with Crippen molar-refractivity contribution < 1.29 is 9.90 Å². The van der Waals surface area contributed by atoms with E-state index in [-0.39, 0.29) is 12.4 Å². The van der Waals surface area contributed by atoms with E-state index in [1.54, 1.807) is 6.08 Å². The smallest absolute Gasteiger partial charge is 0.327 e. The van der Waals surface area contributed by atoms with Crippen LogP contribution in [-0.2, 0) is 4.79 Å². The lowest BCUT2D eigenvalue weighted by atomic mass is 10.1. The van der Waals surface area contributed by atoms with Crippen LogP contribution >= 0.6 is 12.4 Å². The highest BCUT2D eigenvalue weighted by atomic mass is 35.5. The van der Waals surface area contributed by atoms with E-state index in [1.807, 2.05) is 0 Å². The second kappa shape index (κ2) is 17.5. The van der Waals surface area contributed by atoms with E-state index in [9.17, 15) is 4.79 Å². The Bertz CT molecular complexity index is 215. The van der Waals surface area contributed by atoms with Crippen LogP contribution in [-0.4, -0.2) is 11.1 Å². The number of halogens is 1. The Morgan fingerprint density at radius 3 is 1.68 bits per heavy atom. The van der Waals surface area contributed by atoms with E-state index < -0.39 is 5.97 Å². The van der Waals surface area contributed by atoms with E-state index in [1.165, 1.54) is 70.3 Å². The summed E-state index contributed by atoms with van der Waals surface area (Å²) in [6, 6.07) is 0. The minimum absolute atomic E-state index is 0. The topological polar surface area (TPSA) is 37.3 Å². The molecule has 0 aliphatic rings. The van der Waals surface area contributed by atoms with Gasteiger partial charge >= 0.3 is 5.97 Å². The summed E-state index contributed by atoms with van der Waals surface area (Å²) in [7, 11) is 0. The van der Waals surface area contributed by atoms with E-state index >= 15 is 0 Å². The van der Waals surface area contributed by atoms with Crippen LogP contribution in [0.15, 0.2) is 12.2 Å². The van der Waals surface area contributed by atoms with Crippen molar-refractivity contribution in [3.05, 3.63) is 12.2 Å². The van der Waals surface area contributed by atoms with Crippen molar-refractivity contribution in [1.29, 1.82) is 0 Å². The Labute approximate surface area is 125 Å². The van der Waals surface area contributed by atoms with Gasteiger partial charge in [0, 0.05) is 6.08 Å². The molecule has 1 N–H and O–H groups in total. The van der Waals surface area contributed by atoms with E-state index in [4.69, 9.17) is 5.11 Å². The molecule has 0 aliphatic carbocycles. The molecule has 0 aromatic carbocycles. The van der Waals surface area contributed by atoms with Gasteiger partial charge in [0.15, 0.2) is 0 Å². The Morgan fingerprint density at radius 1 is 0.842 bits per heavy atom. The van der Waals surface area contributed by atoms with E-state index in [2.05, 4.69) is 6.92 Å². The maximum atomic E-state index is 10.2. The van der Waals surface area contributed by atoms with Crippen molar-refractivity contribution in [2.45, 2.75) is 84.0 Å². The summed E-state index contributed by atoms with van der Waals surface area (Å²) in [5, 5.41) is 8.40. The molecular weight excluding hydrogens is 260 g/mol. The van der Waals surface area contributed by atoms with Crippen LogP contribution in [0.1, 0.15) is 84.0 Å². The first-order valence-corrected chi connectivity index (χ1v) is 7.67. The molecule has 0 spiro atoms. The third-order valence-electron chi connectivity index (χ3n) is 3.23. The average Bonchev–Trinajstić information content (AvgIpc) is 2.34. The molecule has 0 aliphatic heterocycles. The van der Waals surface area contributed by atoms with Crippen LogP contribution in [0.4, 0.5) is 0 Å². The summed E-state index contributed by atoms with van der Waals surface area (Å²) in [4.78, 5) is 10.2. The summed E-state index contributed by atoms with van der Waals surface area (Å²) in [5.74, 6) is -0.835. The normalized spacial score (nSPS) is 10.6. The van der Waals surface area contributed by atoms with Crippen molar-refractivity contribution >= 4 is 18.4 Å². The zero-order valence-corrected chi connectivity index (χ0v) is 13.2. The quantitative estimate of drug-likeness (QED) is 0.346. The molecule has 0 atom stereocenters. The van der Waals surface area contributed by atoms with Crippen molar-refractivity contribution in [2.75, 3.05) is 0 Å². The summed E-state index contributed by atoms with van der Waals surface area (Å²) in [6.07, 6.45) is 18.6. The molecule has 0 aromatic heterocycles. The van der Waals surface area contributed by atoms with E-state index in [0.717, 1.165) is 12.8 Å². The number of rotatable bonds is 13. The molecule has 0 heterocycles. The van der Waals surface area contributed by atoms with E-state index in [0.29, 0.717) is 0 Å². The van der Waals surface area contributed by atoms with Gasteiger partial charge in [-0.2, -0.15) is 0 Å². The summed E-state index contributed by atoms with van der Waals surface area (Å²) in [6.45, 7) is 2.26. The molecule has 0 fully saturated rings. The molecule has 114 valence electrons. The van der Waals surface area contributed by atoms with Gasteiger partial charge in [0.25, 0.3) is 0 Å². The van der Waals surface area contributed by atoms with Crippen LogP contribution in [0.5, 0.6) is 0 Å². The van der Waals surface area contributed by atoms with Gasteiger partial charge in [0.1, 0.15) is 0 Å². The number of hydrogen-bond acceptors (Lipinski definition) is 1. The second-order valence-corrected chi connectivity index (χ2v) is 5.06. The number of carboxylic acid groups (broad SMARTS) is 1. The predicted octanol–water partition coefficient (Wildman–Crippen LogP) is 5.75. The Kier molecular flexibility index (Phi) is 19.2. The van der Waals surface area contributed by atoms with Crippen LogP contribution in [0.3, 0.4) is 0 Å². The number of carbonyl (C=O) groups is 1. The van der Waals surface area contributed by atoms with Gasteiger partial charge in [-0.1, -0.05) is 77.2 Å². The highest BCUT2D eigenvalue weighted by Crippen LogP contribution is 2.11. The molecule has 0 bridgehead atoms. The van der Waals surface area contributed by atoms with Gasteiger partial charge < -0.3 is 5.11 Å². The first-order chi connectivity index (χ1) is 8.77. The second-order valence-electron chi connectivity index (χ2n) is 5.06. The van der Waals surface area contributed by atoms with Gasteiger partial charge in [-0.25, -0.2) is 4.79 Å². The molecule has 0 saturated carbocycles. The van der Waals surface area contributed by atoms with Crippen LogP contribution in [0.2, 0.25) is 0 Å². The highest BCUT2D eigenvalue weighted by molar-refractivity contribution is 5.85. The molecule has 0 saturated heterocycles. The molecule has 2 nitrogen and oxygen atoms in total. The number of aliphatic carboxylic acids is 1. The average molecular weight is 291 g/mol. The molecule has 19 heavy (non-hydrogen) atoms. The van der Waals surface area contributed by atoms with Crippen molar-refractivity contribution in [3.8, 4) is 0 Å². The number of unbranched alkanes of at least 4 members (excludes halogenated alkanes) is 11. The Balaban J connectivity index is 0. The monoisotopic (exact) mass is 290 g/mol. The van der Waals surface area contributed by atoms with Crippen LogP contribution in [0.25, 0.3) is 0 Å². The number of carboxylic acids is 1. The maximum Gasteiger partial charge on any atom is 0.327 e. The molecule has 3 heteroatoms. The summed E-state index contributed by atoms with van der Waals surface area (Å²) >= 11 is 0. The maximum absolute atomic E-state index is 10.2. The van der Waals surface area contributed by atoms with Gasteiger partial charge in [0.2, 0.25) is 0 Å². The number of hydrogen-bond donors (Lipinski definition) is 1. The standard InChI is InChI=1S/C16H30O2.ClH/c1-2-3-4-5-6-7-8-9-10-11-12-13-14-15-16(17)18;/h14-15H,2-13H2,1H3,(H,17,18);1H/b15-14+;. The largest absolute Gasteiger partial charge is 0.478 e. The van der Waals surface area contributed by atoms with Crippen molar-refractivity contribution in [3.63, 3.8) is 0 Å². The van der Waals surface area contributed by atoms with Gasteiger partial charge in [0.05, 0.1) is 0 Å². The third kappa shape index (κ3) is 20.0. The first-order valence-electron chi connectivity index (χ1n) is 7.67. The SMILES string of the molecule is CCCCCCCCCCCCC/C=C/C(=O)O.Cl. The number of allylic oxidation sites excluding steroid dienone is 1. The van der Waals surface area contributed by atoms with Crippen LogP contribution in [0, 0.1) is 0 Å². The highest BCUT2D eigenvalue weighted by Gasteiger charge is 1.92. The van der Waals surface area contributed by atoms with Gasteiger partial charge in [-0.15, -0.1) is 12.4 Å². The van der Waals surface area contributed by atoms with Gasteiger partial charge in [-0.05, 0) is 12.8 Å². The Hall–Kier alpha value is -0.500. The molecule has 0 amide bonds. The Morgan fingerprint density at radius 2 is 1.26 bits per heavy atom. The molecule has 0 unspecified atom stereocenters. The van der Waals surface area contributed by atoms with Crippen molar-refractivity contribution in [1.82, 2.24) is 0 Å². The molecular formula is C16H31ClO2. The summed E-state index contributed by atoms with van der Waals surface area (Å²) < 4.78 is 0. The summed E-state index contributed by atoms with van der Waals surface area (Å²) in [5.41, 5.74) is 0. The van der Waals surface area contributed by atoms with Crippen molar-refractivity contribution in [2.24, 2.45) is 0 Å². The van der Waals surface area contributed by atoms with Gasteiger partial charge in [-0.3, -0.25) is 0 Å². The zero-order valence-electron chi connectivity index (χ0n) is 12.4. The third-order valence-corrected chi connectivity index (χ3v) is 3.23. The minimum atomic E-state index is -0.835. The molecule has 0 rings (SSSR count). The minimum Gasteiger partial charge on any atom is -0.478 e. The lowest BCUT2D eigenvalue weighted by Gasteiger charge is -2.01. The predicted molar refractivity (Wildman–Crippen MR) is 85.1 cm³/mol.